The van der Waals surface area contributed by atoms with E-state index in [9.17, 15) is 4.79 Å². The summed E-state index contributed by atoms with van der Waals surface area (Å²) in [6.07, 6.45) is 9.00. The fraction of sp³-hybridized carbons (Fsp3) is 0.824. The van der Waals surface area contributed by atoms with Crippen LogP contribution in [0.2, 0.25) is 0 Å². The second-order valence-corrected chi connectivity index (χ2v) is 18.4. The van der Waals surface area contributed by atoms with E-state index in [1.807, 2.05) is 0 Å². The Hall–Kier alpha value is 0.120. The Morgan fingerprint density at radius 3 is 1.95 bits per heavy atom. The summed E-state index contributed by atoms with van der Waals surface area (Å²) in [5.41, 5.74) is 0.494. The number of carbonyl (C=O) groups excluding carboxylic acids is 1. The van der Waals surface area contributed by atoms with Crippen molar-refractivity contribution < 1.29 is 9.53 Å². The minimum atomic E-state index is -2.21. The van der Waals surface area contributed by atoms with Gasteiger partial charge < -0.3 is 0 Å². The monoisotopic (exact) mass is 380 g/mol. The maximum atomic E-state index is 12.0. The van der Waals surface area contributed by atoms with Crippen LogP contribution in [0.5, 0.6) is 0 Å². The van der Waals surface area contributed by atoms with E-state index in [-0.39, 0.29) is 11.8 Å². The van der Waals surface area contributed by atoms with E-state index >= 15 is 0 Å². The van der Waals surface area contributed by atoms with Crippen LogP contribution in [0.15, 0.2) is 12.2 Å². The van der Waals surface area contributed by atoms with Crippen LogP contribution in [0.3, 0.4) is 0 Å². The van der Waals surface area contributed by atoms with E-state index < -0.39 is 5.31 Å². The van der Waals surface area contributed by atoms with Crippen molar-refractivity contribution in [1.29, 1.82) is 0 Å². The molecular formula is C17H34BrO2P. The predicted molar refractivity (Wildman–Crippen MR) is 101 cm³/mol. The van der Waals surface area contributed by atoms with Gasteiger partial charge in [-0.1, -0.05) is 0 Å². The van der Waals surface area contributed by atoms with Gasteiger partial charge in [-0.25, -0.2) is 0 Å². The molecular weight excluding hydrogens is 347 g/mol. The Morgan fingerprint density at radius 2 is 1.62 bits per heavy atom. The Bertz CT molecular complexity index is 341. The van der Waals surface area contributed by atoms with Crippen molar-refractivity contribution in [2.24, 2.45) is 0 Å². The van der Waals surface area contributed by atoms with Gasteiger partial charge in [0.05, 0.1) is 0 Å². The van der Waals surface area contributed by atoms with Crippen LogP contribution in [0, 0.1) is 0 Å². The molecule has 0 saturated heterocycles. The van der Waals surface area contributed by atoms with Crippen LogP contribution in [-0.4, -0.2) is 30.8 Å². The molecule has 2 nitrogen and oxygen atoms in total. The van der Waals surface area contributed by atoms with E-state index in [1.54, 1.807) is 6.92 Å². The van der Waals surface area contributed by atoms with Gasteiger partial charge >= 0.3 is 140 Å². The quantitative estimate of drug-likeness (QED) is 0.238. The molecule has 0 aromatic heterocycles. The first-order valence-corrected chi connectivity index (χ1v) is 13.4. The third-order valence-electron chi connectivity index (χ3n) is 4.15. The molecule has 0 N–H and O–H groups in total. The fourth-order valence-electron chi connectivity index (χ4n) is 2.60. The molecule has 4 heteroatoms. The second-order valence-electron chi connectivity index (χ2n) is 6.57. The zero-order chi connectivity index (χ0) is 16.5. The van der Waals surface area contributed by atoms with Gasteiger partial charge in [-0.2, -0.15) is 0 Å². The van der Waals surface area contributed by atoms with Crippen molar-refractivity contribution in [2.45, 2.75) is 72.1 Å². The van der Waals surface area contributed by atoms with Crippen molar-refractivity contribution in [1.82, 2.24) is 0 Å². The molecule has 0 spiro atoms. The van der Waals surface area contributed by atoms with Gasteiger partial charge in [-0.15, -0.1) is 0 Å². The SMILES string of the molecule is C=C(C)C(=O)OC(CCC)P(C)(Br)(CCCC)CCCC. The van der Waals surface area contributed by atoms with E-state index in [1.165, 1.54) is 25.7 Å². The summed E-state index contributed by atoms with van der Waals surface area (Å²) in [5, 5.41) is -2.21. The number of carbonyl (C=O) groups is 1. The Labute approximate surface area is 139 Å². The molecule has 0 aliphatic carbocycles. The molecule has 0 aromatic carbocycles. The topological polar surface area (TPSA) is 26.3 Å². The van der Waals surface area contributed by atoms with Gasteiger partial charge in [0.15, 0.2) is 0 Å². The molecule has 1 unspecified atom stereocenters. The number of halogens is 1. The molecule has 0 heterocycles. The molecule has 0 amide bonds. The average molecular weight is 381 g/mol. The van der Waals surface area contributed by atoms with Gasteiger partial charge in [-0.3, -0.25) is 0 Å². The Balaban J connectivity index is 5.34. The van der Waals surface area contributed by atoms with Crippen molar-refractivity contribution in [3.8, 4) is 0 Å². The van der Waals surface area contributed by atoms with Crippen molar-refractivity contribution >= 4 is 26.8 Å². The third kappa shape index (κ3) is 6.82. The number of unbranched alkanes of at least 4 members (excludes halogenated alkanes) is 2. The van der Waals surface area contributed by atoms with Gasteiger partial charge in [0, 0.05) is 0 Å². The van der Waals surface area contributed by atoms with Crippen molar-refractivity contribution in [2.75, 3.05) is 19.0 Å². The third-order valence-corrected chi connectivity index (χ3v) is 12.6. The first kappa shape index (κ1) is 21.1. The summed E-state index contributed by atoms with van der Waals surface area (Å²) in [6, 6.07) is 0. The van der Waals surface area contributed by atoms with E-state index in [2.05, 4.69) is 49.5 Å². The van der Waals surface area contributed by atoms with Gasteiger partial charge in [0.2, 0.25) is 0 Å². The molecule has 0 aliphatic rings. The van der Waals surface area contributed by atoms with E-state index in [4.69, 9.17) is 4.74 Å². The summed E-state index contributed by atoms with van der Waals surface area (Å²) in [7, 11) is 0. The molecule has 0 bridgehead atoms. The maximum absolute atomic E-state index is 12.0. The predicted octanol–water partition coefficient (Wildman–Crippen LogP) is 6.33. The zero-order valence-electron chi connectivity index (χ0n) is 14.6. The fourth-order valence-corrected chi connectivity index (χ4v) is 9.45. The first-order valence-electron chi connectivity index (χ1n) is 8.28. The van der Waals surface area contributed by atoms with Crippen molar-refractivity contribution in [3.63, 3.8) is 0 Å². The first-order chi connectivity index (χ1) is 9.70. The molecule has 0 fully saturated rings. The normalized spacial score (nSPS) is 15.0. The van der Waals surface area contributed by atoms with Crippen LogP contribution in [0.4, 0.5) is 0 Å². The summed E-state index contributed by atoms with van der Waals surface area (Å²) < 4.78 is 5.89. The molecule has 0 rings (SSSR count). The molecule has 21 heavy (non-hydrogen) atoms. The number of esters is 1. The molecule has 0 radical (unpaired) electrons. The number of ether oxygens (including phenoxy) is 1. The van der Waals surface area contributed by atoms with Gasteiger partial charge in [-0.05, 0) is 0 Å². The zero-order valence-corrected chi connectivity index (χ0v) is 17.1. The molecule has 0 saturated carbocycles. The standard InChI is InChI=1S/C17H34BrO2P/c1-7-10-13-21(6,18,14-11-8-2)16(12-9-3)20-17(19)15(4)5/h16H,4,7-14H2,1-3,5-6H3. The molecule has 0 aromatic rings. The van der Waals surface area contributed by atoms with E-state index in [0.717, 1.165) is 25.2 Å². The second kappa shape index (κ2) is 9.30. The summed E-state index contributed by atoms with van der Waals surface area (Å²) >= 11 is 4.16. The van der Waals surface area contributed by atoms with Gasteiger partial charge in [0.1, 0.15) is 0 Å². The molecule has 1 atom stereocenters. The summed E-state index contributed by atoms with van der Waals surface area (Å²) in [4.78, 5) is 12.0. The van der Waals surface area contributed by atoms with Crippen LogP contribution in [0.1, 0.15) is 66.2 Å². The number of hydrogen-bond acceptors (Lipinski definition) is 2. The molecule has 126 valence electrons. The van der Waals surface area contributed by atoms with Crippen LogP contribution in [-0.2, 0) is 9.53 Å². The van der Waals surface area contributed by atoms with Gasteiger partial charge in [0.25, 0.3) is 0 Å². The van der Waals surface area contributed by atoms with Crippen LogP contribution in [0.25, 0.3) is 0 Å². The summed E-state index contributed by atoms with van der Waals surface area (Å²) in [6.45, 7) is 14.4. The van der Waals surface area contributed by atoms with Crippen LogP contribution >= 0.6 is 20.8 Å². The number of rotatable bonds is 11. The average Bonchev–Trinajstić information content (AvgIpc) is 2.43. The van der Waals surface area contributed by atoms with E-state index in [0.29, 0.717) is 5.57 Å². The number of hydrogen-bond donors (Lipinski definition) is 0. The Morgan fingerprint density at radius 1 is 1.14 bits per heavy atom. The minimum absolute atomic E-state index is 0.0169. The molecule has 0 aliphatic heterocycles. The van der Waals surface area contributed by atoms with Crippen LogP contribution < -0.4 is 0 Å². The van der Waals surface area contributed by atoms with Crippen molar-refractivity contribution in [3.05, 3.63) is 12.2 Å². The Kier molecular flexibility index (Phi) is 9.36. The summed E-state index contributed by atoms with van der Waals surface area (Å²) in [5.74, 6) is -0.222.